The van der Waals surface area contributed by atoms with E-state index >= 15 is 0 Å². The van der Waals surface area contributed by atoms with Crippen LogP contribution < -0.4 is 10.6 Å². The smallest absolute Gasteiger partial charge is 0.475 e. The number of carbonyl (C=O) groups excluding carboxylic acids is 1. The zero-order valence-corrected chi connectivity index (χ0v) is 19.7. The van der Waals surface area contributed by atoms with Gasteiger partial charge in [-0.2, -0.15) is 13.2 Å². The van der Waals surface area contributed by atoms with Crippen LogP contribution in [0.4, 0.5) is 18.9 Å². The molecule has 184 valence electrons. The van der Waals surface area contributed by atoms with Crippen molar-refractivity contribution >= 4 is 29.2 Å². The van der Waals surface area contributed by atoms with Gasteiger partial charge in [-0.15, -0.1) is 0 Å². The number of halogens is 4. The van der Waals surface area contributed by atoms with E-state index < -0.39 is 12.1 Å². The topological polar surface area (TPSA) is 83.6 Å². The van der Waals surface area contributed by atoms with Crippen LogP contribution in [0.2, 0.25) is 5.02 Å². The van der Waals surface area contributed by atoms with E-state index in [1.807, 2.05) is 23.1 Å². The van der Waals surface area contributed by atoms with Crippen molar-refractivity contribution in [1.29, 1.82) is 0 Å². The van der Waals surface area contributed by atoms with Crippen LogP contribution in [0, 0.1) is 0 Å². The predicted molar refractivity (Wildman–Crippen MR) is 129 cm³/mol. The number of aliphatic carboxylic acids is 1. The first-order chi connectivity index (χ1) is 16.5. The molecule has 3 aromatic carbocycles. The average molecular weight is 505 g/mol. The van der Waals surface area contributed by atoms with E-state index in [-0.39, 0.29) is 5.91 Å². The second-order valence-electron chi connectivity index (χ2n) is 8.07. The summed E-state index contributed by atoms with van der Waals surface area (Å²) in [4.78, 5) is 23.1. The quantitative estimate of drug-likeness (QED) is 0.465. The SMILES string of the molecule is CC(=O)N1Cc2ccc(-c3ccc(CN)cc3)cc2CCc2cc(Cl)ccc21.O=C(O)C(F)(F)F. The fraction of sp³-hybridized carbons (Fsp3) is 0.231. The second-order valence-corrected chi connectivity index (χ2v) is 8.50. The minimum Gasteiger partial charge on any atom is -0.475 e. The van der Waals surface area contributed by atoms with Crippen LogP contribution in [-0.2, 0) is 35.5 Å². The summed E-state index contributed by atoms with van der Waals surface area (Å²) in [6.07, 6.45) is -3.31. The van der Waals surface area contributed by atoms with Crippen LogP contribution in [0.5, 0.6) is 0 Å². The van der Waals surface area contributed by atoms with Gasteiger partial charge in [0.25, 0.3) is 0 Å². The molecule has 0 fully saturated rings. The number of nitrogens with zero attached hydrogens (tertiary/aromatic N) is 1. The van der Waals surface area contributed by atoms with Gasteiger partial charge in [0.1, 0.15) is 0 Å². The molecule has 1 aliphatic rings. The number of anilines is 1. The number of carboxylic acids is 1. The minimum atomic E-state index is -5.08. The van der Waals surface area contributed by atoms with Gasteiger partial charge in [0.15, 0.2) is 0 Å². The van der Waals surface area contributed by atoms with Crippen LogP contribution in [0.3, 0.4) is 0 Å². The van der Waals surface area contributed by atoms with Gasteiger partial charge >= 0.3 is 12.1 Å². The summed E-state index contributed by atoms with van der Waals surface area (Å²) in [5.41, 5.74) is 13.7. The normalized spacial score (nSPS) is 12.9. The largest absolute Gasteiger partial charge is 0.490 e. The maximum Gasteiger partial charge on any atom is 0.490 e. The minimum absolute atomic E-state index is 0.0397. The van der Waals surface area contributed by atoms with E-state index in [2.05, 4.69) is 42.5 Å². The Kier molecular flexibility index (Phi) is 8.19. The predicted octanol–water partition coefficient (Wildman–Crippen LogP) is 5.75. The molecule has 1 amide bonds. The van der Waals surface area contributed by atoms with E-state index in [1.165, 1.54) is 22.3 Å². The van der Waals surface area contributed by atoms with Crippen molar-refractivity contribution in [3.63, 3.8) is 0 Å². The number of benzene rings is 3. The standard InChI is InChI=1S/C24H23ClN2O.C2HF3O2/c1-16(28)27-15-22-9-7-19(18-4-2-17(14-26)3-5-18)12-20(22)6-8-21-13-23(25)10-11-24(21)27;3-2(4,5)1(6)7/h2-5,7,9-13H,6,8,14-15,26H2,1H3;(H,6,7). The summed E-state index contributed by atoms with van der Waals surface area (Å²) in [7, 11) is 0. The van der Waals surface area contributed by atoms with E-state index in [9.17, 15) is 18.0 Å². The Hall–Kier alpha value is -3.36. The van der Waals surface area contributed by atoms with Crippen LogP contribution in [-0.4, -0.2) is 23.2 Å². The molecule has 35 heavy (non-hydrogen) atoms. The number of carbonyl (C=O) groups is 2. The molecule has 3 N–H and O–H groups in total. The molecule has 0 spiro atoms. The zero-order valence-electron chi connectivity index (χ0n) is 18.9. The van der Waals surface area contributed by atoms with E-state index in [1.54, 1.807) is 6.92 Å². The highest BCUT2D eigenvalue weighted by atomic mass is 35.5. The van der Waals surface area contributed by atoms with Gasteiger partial charge in [0.2, 0.25) is 5.91 Å². The van der Waals surface area contributed by atoms with Gasteiger partial charge in [-0.25, -0.2) is 4.79 Å². The first-order valence-corrected chi connectivity index (χ1v) is 11.1. The van der Waals surface area contributed by atoms with E-state index in [0.717, 1.165) is 29.7 Å². The first kappa shape index (κ1) is 26.2. The molecule has 0 atom stereocenters. The molecule has 1 heterocycles. The van der Waals surface area contributed by atoms with Crippen LogP contribution in [0.1, 0.15) is 29.2 Å². The molecular weight excluding hydrogens is 481 g/mol. The first-order valence-electron chi connectivity index (χ1n) is 10.8. The zero-order chi connectivity index (χ0) is 25.8. The Labute approximate surface area is 205 Å². The number of carboxylic acid groups (broad SMARTS) is 1. The number of rotatable bonds is 2. The van der Waals surface area contributed by atoms with Crippen molar-refractivity contribution in [2.24, 2.45) is 5.73 Å². The molecule has 0 bridgehead atoms. The highest BCUT2D eigenvalue weighted by molar-refractivity contribution is 6.30. The van der Waals surface area contributed by atoms with Gasteiger partial charge in [-0.3, -0.25) is 4.79 Å². The third-order valence-corrected chi connectivity index (χ3v) is 5.91. The maximum absolute atomic E-state index is 12.4. The third-order valence-electron chi connectivity index (χ3n) is 5.68. The molecule has 0 radical (unpaired) electrons. The highest BCUT2D eigenvalue weighted by Crippen LogP contribution is 2.32. The average Bonchev–Trinajstić information content (AvgIpc) is 2.80. The molecular formula is C26H24ClF3N2O3. The summed E-state index contributed by atoms with van der Waals surface area (Å²) >= 11 is 6.22. The molecule has 9 heteroatoms. The van der Waals surface area contributed by atoms with Gasteiger partial charge in [0, 0.05) is 24.2 Å². The second kappa shape index (κ2) is 10.9. The van der Waals surface area contributed by atoms with Crippen LogP contribution in [0.15, 0.2) is 60.7 Å². The number of fused-ring (bicyclic) bond motifs is 2. The van der Waals surface area contributed by atoms with Gasteiger partial charge in [0.05, 0.1) is 6.54 Å². The Morgan fingerprint density at radius 3 is 2.11 bits per heavy atom. The van der Waals surface area contributed by atoms with Crippen molar-refractivity contribution < 1.29 is 27.9 Å². The van der Waals surface area contributed by atoms with Crippen molar-refractivity contribution in [3.8, 4) is 11.1 Å². The number of aryl methyl sites for hydroxylation is 2. The molecule has 0 unspecified atom stereocenters. The molecule has 0 aromatic heterocycles. The van der Waals surface area contributed by atoms with Gasteiger partial charge in [-0.1, -0.05) is 54.1 Å². The lowest BCUT2D eigenvalue weighted by molar-refractivity contribution is -0.192. The summed E-state index contributed by atoms with van der Waals surface area (Å²) in [5, 5.41) is 7.83. The summed E-state index contributed by atoms with van der Waals surface area (Å²) < 4.78 is 31.7. The van der Waals surface area contributed by atoms with E-state index in [4.69, 9.17) is 27.2 Å². The van der Waals surface area contributed by atoms with E-state index in [0.29, 0.717) is 18.1 Å². The molecule has 5 nitrogen and oxygen atoms in total. The molecule has 3 aromatic rings. The monoisotopic (exact) mass is 504 g/mol. The van der Waals surface area contributed by atoms with Crippen LogP contribution >= 0.6 is 11.6 Å². The van der Waals surface area contributed by atoms with Crippen LogP contribution in [0.25, 0.3) is 11.1 Å². The summed E-state index contributed by atoms with van der Waals surface area (Å²) in [6.45, 7) is 2.74. The van der Waals surface area contributed by atoms with Crippen molar-refractivity contribution in [2.75, 3.05) is 4.90 Å². The fourth-order valence-corrected chi connectivity index (χ4v) is 4.04. The Morgan fingerprint density at radius 1 is 0.943 bits per heavy atom. The Bertz CT molecular complexity index is 1230. The Morgan fingerprint density at radius 2 is 1.54 bits per heavy atom. The summed E-state index contributed by atoms with van der Waals surface area (Å²) in [5.74, 6) is -2.72. The molecule has 4 rings (SSSR count). The summed E-state index contributed by atoms with van der Waals surface area (Å²) in [6, 6.07) is 20.7. The Balaban J connectivity index is 0.000000429. The number of nitrogens with two attached hydrogens (primary N) is 1. The lowest BCUT2D eigenvalue weighted by Crippen LogP contribution is -2.30. The lowest BCUT2D eigenvalue weighted by atomic mass is 9.92. The maximum atomic E-state index is 12.4. The fourth-order valence-electron chi connectivity index (χ4n) is 3.85. The lowest BCUT2D eigenvalue weighted by Gasteiger charge is -2.28. The van der Waals surface area contributed by atoms with Gasteiger partial charge < -0.3 is 15.7 Å². The highest BCUT2D eigenvalue weighted by Gasteiger charge is 2.38. The van der Waals surface area contributed by atoms with Crippen molar-refractivity contribution in [3.05, 3.63) is 87.9 Å². The van der Waals surface area contributed by atoms with Gasteiger partial charge in [-0.05, 0) is 64.4 Å². The number of amides is 1. The molecule has 0 saturated carbocycles. The van der Waals surface area contributed by atoms with Crippen molar-refractivity contribution in [1.82, 2.24) is 0 Å². The third kappa shape index (κ3) is 6.61. The number of hydrogen-bond donors (Lipinski definition) is 2. The number of alkyl halides is 3. The molecule has 1 aliphatic heterocycles. The molecule has 0 aliphatic carbocycles. The van der Waals surface area contributed by atoms with Crippen molar-refractivity contribution in [2.45, 2.75) is 39.0 Å². The molecule has 0 saturated heterocycles. The number of hydrogen-bond acceptors (Lipinski definition) is 3.